The number of hydrogen-bond acceptors (Lipinski definition) is 1. The van der Waals surface area contributed by atoms with Crippen LogP contribution in [0.4, 0.5) is 10.1 Å². The molecule has 2 aromatic rings. The van der Waals surface area contributed by atoms with E-state index in [1.54, 1.807) is 12.1 Å². The Labute approximate surface area is 128 Å². The molecule has 0 radical (unpaired) electrons. The van der Waals surface area contributed by atoms with Gasteiger partial charge in [-0.05, 0) is 81.3 Å². The van der Waals surface area contributed by atoms with Crippen LogP contribution < -0.4 is 5.32 Å². The molecule has 4 heteroatoms. The molecule has 94 valence electrons. The maximum absolute atomic E-state index is 13.2. The zero-order valence-corrected chi connectivity index (χ0v) is 13.5. The molecule has 1 N–H and O–H groups in total. The number of nitrogens with one attached hydrogen (secondary N) is 1. The molecule has 0 saturated carbocycles. The van der Waals surface area contributed by atoms with Crippen molar-refractivity contribution >= 4 is 44.2 Å². The molecule has 0 aromatic heterocycles. The Morgan fingerprint density at radius 3 is 2.67 bits per heavy atom. The number of anilines is 1. The van der Waals surface area contributed by atoms with Gasteiger partial charge in [0, 0.05) is 19.8 Å². The summed E-state index contributed by atoms with van der Waals surface area (Å²) in [7, 11) is 0. The first-order chi connectivity index (χ1) is 8.56. The molecule has 18 heavy (non-hydrogen) atoms. The second-order valence-corrected chi connectivity index (χ2v) is 6.15. The summed E-state index contributed by atoms with van der Waals surface area (Å²) >= 11 is 5.79. The average molecular weight is 420 g/mol. The van der Waals surface area contributed by atoms with Gasteiger partial charge in [0.1, 0.15) is 5.82 Å². The third-order valence-electron chi connectivity index (χ3n) is 2.65. The van der Waals surface area contributed by atoms with Crippen LogP contribution in [0.1, 0.15) is 18.5 Å². The normalized spacial score (nSPS) is 12.2. The molecule has 0 amide bonds. The summed E-state index contributed by atoms with van der Waals surface area (Å²) in [6.45, 7) is 2.01. The molecule has 1 atom stereocenters. The molecule has 1 unspecified atom stereocenters. The van der Waals surface area contributed by atoms with Crippen LogP contribution in [0.25, 0.3) is 0 Å². The first-order valence-electron chi connectivity index (χ1n) is 5.53. The number of hydrogen-bond donors (Lipinski definition) is 1. The Kier molecular flexibility index (Phi) is 4.61. The first-order valence-corrected chi connectivity index (χ1v) is 7.40. The van der Waals surface area contributed by atoms with Gasteiger partial charge in [-0.25, -0.2) is 4.39 Å². The van der Waals surface area contributed by atoms with E-state index in [2.05, 4.69) is 43.8 Å². The summed E-state index contributed by atoms with van der Waals surface area (Å²) in [5.41, 5.74) is 1.94. The zero-order chi connectivity index (χ0) is 13.1. The predicted octanol–water partition coefficient (Wildman–Crippen LogP) is 5.37. The van der Waals surface area contributed by atoms with Crippen LogP contribution in [0.5, 0.6) is 0 Å². The van der Waals surface area contributed by atoms with Gasteiger partial charge >= 0.3 is 0 Å². The molecule has 1 nitrogen and oxygen atoms in total. The van der Waals surface area contributed by atoms with E-state index in [-0.39, 0.29) is 11.9 Å². The van der Waals surface area contributed by atoms with E-state index in [9.17, 15) is 4.39 Å². The maximum atomic E-state index is 13.2. The van der Waals surface area contributed by atoms with Gasteiger partial charge < -0.3 is 5.32 Å². The number of benzene rings is 2. The SMILES string of the molecule is CC(Nc1ccc(I)cc1Br)c1cccc(F)c1. The predicted molar refractivity (Wildman–Crippen MR) is 85.3 cm³/mol. The second-order valence-electron chi connectivity index (χ2n) is 4.05. The molecular weight excluding hydrogens is 408 g/mol. The standard InChI is InChI=1S/C14H12BrFIN/c1-9(10-3-2-4-11(16)7-10)18-14-6-5-12(17)8-13(14)15/h2-9,18H,1H3. The summed E-state index contributed by atoms with van der Waals surface area (Å²) in [6, 6.07) is 12.8. The van der Waals surface area contributed by atoms with Crippen LogP contribution in [-0.2, 0) is 0 Å². The van der Waals surface area contributed by atoms with Crippen molar-refractivity contribution in [1.82, 2.24) is 0 Å². The van der Waals surface area contributed by atoms with Gasteiger partial charge in [0.15, 0.2) is 0 Å². The lowest BCUT2D eigenvalue weighted by Crippen LogP contribution is -2.07. The van der Waals surface area contributed by atoms with Crippen molar-refractivity contribution in [3.05, 3.63) is 61.9 Å². The molecule has 0 spiro atoms. The van der Waals surface area contributed by atoms with E-state index in [0.717, 1.165) is 15.7 Å². The lowest BCUT2D eigenvalue weighted by atomic mass is 10.1. The monoisotopic (exact) mass is 419 g/mol. The second kappa shape index (κ2) is 6.02. The third kappa shape index (κ3) is 3.45. The molecule has 0 bridgehead atoms. The molecular formula is C14H12BrFIN. The summed E-state index contributed by atoms with van der Waals surface area (Å²) in [4.78, 5) is 0. The summed E-state index contributed by atoms with van der Waals surface area (Å²) in [5.74, 6) is -0.206. The van der Waals surface area contributed by atoms with E-state index in [4.69, 9.17) is 0 Å². The number of rotatable bonds is 3. The lowest BCUT2D eigenvalue weighted by molar-refractivity contribution is 0.623. The number of halogens is 3. The van der Waals surface area contributed by atoms with Crippen LogP contribution >= 0.6 is 38.5 Å². The van der Waals surface area contributed by atoms with Gasteiger partial charge in [0.25, 0.3) is 0 Å². The topological polar surface area (TPSA) is 12.0 Å². The lowest BCUT2D eigenvalue weighted by Gasteiger charge is -2.17. The van der Waals surface area contributed by atoms with Crippen molar-refractivity contribution in [2.75, 3.05) is 5.32 Å². The quantitative estimate of drug-likeness (QED) is 0.660. The van der Waals surface area contributed by atoms with Crippen LogP contribution in [0.2, 0.25) is 0 Å². The maximum Gasteiger partial charge on any atom is 0.123 e. The fourth-order valence-corrected chi connectivity index (χ4v) is 3.11. The molecule has 2 aromatic carbocycles. The fraction of sp³-hybridized carbons (Fsp3) is 0.143. The highest BCUT2D eigenvalue weighted by Gasteiger charge is 2.08. The Balaban J connectivity index is 2.18. The Bertz CT molecular complexity index is 559. The Hall–Kier alpha value is -0.620. The van der Waals surface area contributed by atoms with Crippen molar-refractivity contribution in [2.45, 2.75) is 13.0 Å². The van der Waals surface area contributed by atoms with Crippen molar-refractivity contribution < 1.29 is 4.39 Å². The van der Waals surface area contributed by atoms with Crippen LogP contribution in [0, 0.1) is 9.39 Å². The molecule has 0 aliphatic rings. The minimum Gasteiger partial charge on any atom is -0.378 e. The van der Waals surface area contributed by atoms with Crippen molar-refractivity contribution in [3.8, 4) is 0 Å². The molecule has 0 aliphatic carbocycles. The van der Waals surface area contributed by atoms with Gasteiger partial charge in [0.2, 0.25) is 0 Å². The van der Waals surface area contributed by atoms with E-state index in [0.29, 0.717) is 0 Å². The average Bonchev–Trinajstić information content (AvgIpc) is 2.32. The van der Waals surface area contributed by atoms with Crippen LogP contribution in [0.15, 0.2) is 46.9 Å². The minimum absolute atomic E-state index is 0.0528. The molecule has 0 saturated heterocycles. The van der Waals surface area contributed by atoms with E-state index in [1.165, 1.54) is 9.64 Å². The molecule has 2 rings (SSSR count). The first kappa shape index (κ1) is 13.8. The van der Waals surface area contributed by atoms with Gasteiger partial charge in [-0.1, -0.05) is 12.1 Å². The van der Waals surface area contributed by atoms with Crippen molar-refractivity contribution in [3.63, 3.8) is 0 Å². The van der Waals surface area contributed by atoms with Crippen LogP contribution in [-0.4, -0.2) is 0 Å². The summed E-state index contributed by atoms with van der Waals surface area (Å²) < 4.78 is 15.3. The largest absolute Gasteiger partial charge is 0.378 e. The molecule has 0 heterocycles. The minimum atomic E-state index is -0.206. The highest BCUT2D eigenvalue weighted by Crippen LogP contribution is 2.28. The van der Waals surface area contributed by atoms with Crippen LogP contribution in [0.3, 0.4) is 0 Å². The smallest absolute Gasteiger partial charge is 0.123 e. The third-order valence-corrected chi connectivity index (χ3v) is 3.98. The van der Waals surface area contributed by atoms with Gasteiger partial charge in [-0.15, -0.1) is 0 Å². The van der Waals surface area contributed by atoms with Gasteiger partial charge in [-0.2, -0.15) is 0 Å². The van der Waals surface area contributed by atoms with Crippen molar-refractivity contribution in [1.29, 1.82) is 0 Å². The van der Waals surface area contributed by atoms with E-state index < -0.39 is 0 Å². The summed E-state index contributed by atoms with van der Waals surface area (Å²) in [6.07, 6.45) is 0. The van der Waals surface area contributed by atoms with Gasteiger partial charge in [0.05, 0.1) is 0 Å². The van der Waals surface area contributed by atoms with E-state index in [1.807, 2.05) is 31.2 Å². The van der Waals surface area contributed by atoms with E-state index >= 15 is 0 Å². The Morgan fingerprint density at radius 1 is 1.22 bits per heavy atom. The summed E-state index contributed by atoms with van der Waals surface area (Å²) in [5, 5.41) is 3.36. The molecule has 0 fully saturated rings. The van der Waals surface area contributed by atoms with Crippen molar-refractivity contribution in [2.24, 2.45) is 0 Å². The highest BCUT2D eigenvalue weighted by molar-refractivity contribution is 14.1. The Morgan fingerprint density at radius 2 is 2.00 bits per heavy atom. The fourth-order valence-electron chi connectivity index (χ4n) is 1.70. The highest BCUT2D eigenvalue weighted by atomic mass is 127. The van der Waals surface area contributed by atoms with Gasteiger partial charge in [-0.3, -0.25) is 0 Å². The molecule has 0 aliphatic heterocycles. The zero-order valence-electron chi connectivity index (χ0n) is 9.75.